The predicted octanol–water partition coefficient (Wildman–Crippen LogP) is 2.77. The number of benzene rings is 1. The van der Waals surface area contributed by atoms with E-state index in [2.05, 4.69) is 0 Å². The largest absolute Gasteiger partial charge is 0.462 e. The number of carbonyl (C=O) groups excluding carboxylic acids is 1. The van der Waals surface area contributed by atoms with Crippen molar-refractivity contribution in [3.63, 3.8) is 0 Å². The Morgan fingerprint density at radius 2 is 1.95 bits per heavy atom. The zero-order valence-electron chi connectivity index (χ0n) is 11.0. The highest BCUT2D eigenvalue weighted by Crippen LogP contribution is 2.26. The number of hydrogen-bond acceptors (Lipinski definition) is 5. The van der Waals surface area contributed by atoms with Gasteiger partial charge in [0.25, 0.3) is 9.05 Å². The van der Waals surface area contributed by atoms with Crippen LogP contribution in [0.4, 0.5) is 0 Å². The summed E-state index contributed by atoms with van der Waals surface area (Å²) in [6, 6.07) is 2.35. The van der Waals surface area contributed by atoms with Crippen LogP contribution < -0.4 is 0 Å². The van der Waals surface area contributed by atoms with Crippen LogP contribution >= 0.6 is 22.3 Å². The Labute approximate surface area is 127 Å². The van der Waals surface area contributed by atoms with Crippen LogP contribution in [-0.2, 0) is 18.5 Å². The molecule has 1 aromatic rings. The van der Waals surface area contributed by atoms with Gasteiger partial charge in [-0.1, -0.05) is 11.6 Å². The molecule has 0 aliphatic carbocycles. The van der Waals surface area contributed by atoms with Crippen molar-refractivity contribution >= 4 is 37.3 Å². The lowest BCUT2D eigenvalue weighted by Crippen LogP contribution is -2.10. The smallest absolute Gasteiger partial charge is 0.338 e. The van der Waals surface area contributed by atoms with Crippen LogP contribution in [0, 0.1) is 6.92 Å². The van der Waals surface area contributed by atoms with Crippen molar-refractivity contribution in [2.75, 3.05) is 20.3 Å². The molecule has 0 heterocycles. The van der Waals surface area contributed by atoms with Crippen LogP contribution in [0.5, 0.6) is 0 Å². The Morgan fingerprint density at radius 3 is 2.50 bits per heavy atom. The fraction of sp³-hybridized carbons (Fsp3) is 0.417. The molecule has 0 aromatic heterocycles. The molecule has 8 heteroatoms. The first-order valence-electron chi connectivity index (χ1n) is 5.68. The summed E-state index contributed by atoms with van der Waals surface area (Å²) in [6.07, 6.45) is 0.544. The maximum absolute atomic E-state index is 11.9. The van der Waals surface area contributed by atoms with E-state index in [4.69, 9.17) is 31.8 Å². The molecule has 0 saturated carbocycles. The first-order valence-corrected chi connectivity index (χ1v) is 8.37. The van der Waals surface area contributed by atoms with Crippen molar-refractivity contribution in [2.24, 2.45) is 0 Å². The second-order valence-electron chi connectivity index (χ2n) is 4.00. The normalized spacial score (nSPS) is 11.4. The van der Waals surface area contributed by atoms with E-state index in [9.17, 15) is 13.2 Å². The second-order valence-corrected chi connectivity index (χ2v) is 6.97. The maximum Gasteiger partial charge on any atom is 0.338 e. The summed E-state index contributed by atoms with van der Waals surface area (Å²) >= 11 is 5.90. The van der Waals surface area contributed by atoms with Crippen molar-refractivity contribution in [2.45, 2.75) is 18.2 Å². The van der Waals surface area contributed by atoms with Crippen LogP contribution in [-0.4, -0.2) is 34.7 Å². The minimum Gasteiger partial charge on any atom is -0.462 e. The summed E-state index contributed by atoms with van der Waals surface area (Å²) in [5.41, 5.74) is 0.515. The minimum atomic E-state index is -3.97. The van der Waals surface area contributed by atoms with E-state index in [0.29, 0.717) is 18.6 Å². The van der Waals surface area contributed by atoms with Crippen molar-refractivity contribution < 1.29 is 22.7 Å². The molecule has 0 fully saturated rings. The third kappa shape index (κ3) is 4.63. The van der Waals surface area contributed by atoms with Gasteiger partial charge in [-0.2, -0.15) is 0 Å². The first kappa shape index (κ1) is 17.2. The molecule has 5 nitrogen and oxygen atoms in total. The van der Waals surface area contributed by atoms with E-state index in [1.165, 1.54) is 6.07 Å². The van der Waals surface area contributed by atoms with E-state index < -0.39 is 15.0 Å². The van der Waals surface area contributed by atoms with E-state index >= 15 is 0 Å². The number of carbonyl (C=O) groups is 1. The van der Waals surface area contributed by atoms with Crippen LogP contribution in [0.15, 0.2) is 17.0 Å². The fourth-order valence-corrected chi connectivity index (χ4v) is 2.52. The van der Waals surface area contributed by atoms with Gasteiger partial charge in [0, 0.05) is 35.8 Å². The molecular weight excluding hydrogens is 327 g/mol. The standard InChI is InChI=1S/C12H14Cl2O5S/c1-8-10(12(15)19-5-3-4-18-2)6-9(7-11(8)13)20(14,16)17/h6-7H,3-5H2,1-2H3. The van der Waals surface area contributed by atoms with Crippen LogP contribution in [0.3, 0.4) is 0 Å². The van der Waals surface area contributed by atoms with E-state index in [1.54, 1.807) is 14.0 Å². The van der Waals surface area contributed by atoms with Gasteiger partial charge in [-0.25, -0.2) is 13.2 Å². The molecule has 0 saturated heterocycles. The van der Waals surface area contributed by atoms with Gasteiger partial charge in [-0.15, -0.1) is 0 Å². The fourth-order valence-electron chi connectivity index (χ4n) is 1.45. The average Bonchev–Trinajstić information content (AvgIpc) is 2.36. The summed E-state index contributed by atoms with van der Waals surface area (Å²) in [5.74, 6) is -0.650. The number of ether oxygens (including phenoxy) is 2. The zero-order chi connectivity index (χ0) is 15.3. The summed E-state index contributed by atoms with van der Waals surface area (Å²) in [6.45, 7) is 2.23. The van der Waals surface area contributed by atoms with Crippen LogP contribution in [0.1, 0.15) is 22.3 Å². The Kier molecular flexibility index (Phi) is 6.26. The number of rotatable bonds is 6. The number of esters is 1. The monoisotopic (exact) mass is 340 g/mol. The van der Waals surface area contributed by atoms with Gasteiger partial charge in [-0.05, 0) is 24.6 Å². The molecule has 0 bridgehead atoms. The molecule has 0 aliphatic heterocycles. The number of methoxy groups -OCH3 is 1. The van der Waals surface area contributed by atoms with E-state index in [0.717, 1.165) is 6.07 Å². The van der Waals surface area contributed by atoms with Crippen molar-refractivity contribution in [1.82, 2.24) is 0 Å². The third-order valence-corrected chi connectivity index (χ3v) is 4.27. The zero-order valence-corrected chi connectivity index (χ0v) is 13.3. The SMILES string of the molecule is COCCCOC(=O)c1cc(S(=O)(=O)Cl)cc(Cl)c1C. The Balaban J connectivity index is 2.99. The third-order valence-electron chi connectivity index (χ3n) is 2.55. The van der Waals surface area contributed by atoms with Gasteiger partial charge in [0.2, 0.25) is 0 Å². The van der Waals surface area contributed by atoms with Gasteiger partial charge in [0.15, 0.2) is 0 Å². The van der Waals surface area contributed by atoms with Crippen LogP contribution in [0.25, 0.3) is 0 Å². The average molecular weight is 341 g/mol. The van der Waals surface area contributed by atoms with Crippen molar-refractivity contribution in [1.29, 1.82) is 0 Å². The molecule has 0 spiro atoms. The van der Waals surface area contributed by atoms with E-state index in [1.807, 2.05) is 0 Å². The molecule has 0 amide bonds. The highest BCUT2D eigenvalue weighted by atomic mass is 35.7. The number of hydrogen-bond donors (Lipinski definition) is 0. The molecular formula is C12H14Cl2O5S. The van der Waals surface area contributed by atoms with Gasteiger partial charge in [0.05, 0.1) is 17.1 Å². The molecule has 1 rings (SSSR count). The molecule has 0 aliphatic rings. The molecule has 0 N–H and O–H groups in total. The number of halogens is 2. The molecule has 0 atom stereocenters. The lowest BCUT2D eigenvalue weighted by atomic mass is 10.1. The van der Waals surface area contributed by atoms with Gasteiger partial charge in [0.1, 0.15) is 0 Å². The molecule has 1 aromatic carbocycles. The van der Waals surface area contributed by atoms with Gasteiger partial charge in [-0.3, -0.25) is 0 Å². The minimum absolute atomic E-state index is 0.0779. The highest BCUT2D eigenvalue weighted by molar-refractivity contribution is 8.13. The lowest BCUT2D eigenvalue weighted by Gasteiger charge is -2.09. The summed E-state index contributed by atoms with van der Waals surface area (Å²) in [4.78, 5) is 11.7. The van der Waals surface area contributed by atoms with Gasteiger partial charge < -0.3 is 9.47 Å². The summed E-state index contributed by atoms with van der Waals surface area (Å²) in [5, 5.41) is 0.135. The molecule has 0 radical (unpaired) electrons. The lowest BCUT2D eigenvalue weighted by molar-refractivity contribution is 0.0467. The summed E-state index contributed by atoms with van der Waals surface area (Å²) in [7, 11) is 2.83. The summed E-state index contributed by atoms with van der Waals surface area (Å²) < 4.78 is 32.5. The van der Waals surface area contributed by atoms with Crippen molar-refractivity contribution in [3.8, 4) is 0 Å². The molecule has 0 unspecified atom stereocenters. The molecule has 112 valence electrons. The van der Waals surface area contributed by atoms with Crippen LogP contribution in [0.2, 0.25) is 5.02 Å². The quantitative estimate of drug-likeness (QED) is 0.452. The Morgan fingerprint density at radius 1 is 1.30 bits per heavy atom. The Hall–Kier alpha value is -0.820. The van der Waals surface area contributed by atoms with Crippen molar-refractivity contribution in [3.05, 3.63) is 28.3 Å². The maximum atomic E-state index is 11.9. The molecule has 20 heavy (non-hydrogen) atoms. The van der Waals surface area contributed by atoms with E-state index in [-0.39, 0.29) is 22.1 Å². The highest BCUT2D eigenvalue weighted by Gasteiger charge is 2.19. The van der Waals surface area contributed by atoms with Gasteiger partial charge >= 0.3 is 5.97 Å². The topological polar surface area (TPSA) is 69.7 Å². The Bertz CT molecular complexity index is 598. The second kappa shape index (κ2) is 7.26. The predicted molar refractivity (Wildman–Crippen MR) is 76.0 cm³/mol. The first-order chi connectivity index (χ1) is 9.27.